The molecular formula is C23H21ClFN5O. The zero-order valence-corrected chi connectivity index (χ0v) is 18.1. The zero-order chi connectivity index (χ0) is 22.1. The predicted octanol–water partition coefficient (Wildman–Crippen LogP) is 5.53. The van der Waals surface area contributed by atoms with Gasteiger partial charge < -0.3 is 9.88 Å². The van der Waals surface area contributed by atoms with Crippen LogP contribution < -0.4 is 5.32 Å². The molecule has 0 bridgehead atoms. The third-order valence-electron chi connectivity index (χ3n) is 4.94. The molecule has 6 nitrogen and oxygen atoms in total. The van der Waals surface area contributed by atoms with E-state index in [0.29, 0.717) is 27.8 Å². The Bertz CT molecular complexity index is 1260. The van der Waals surface area contributed by atoms with Crippen LogP contribution >= 0.6 is 11.6 Å². The number of halogens is 2. The first kappa shape index (κ1) is 20.8. The third kappa shape index (κ3) is 4.09. The standard InChI is InChI=1S/C23H21ClFN5O/c1-14(2)22-19(13-27-30(22)18-6-4-5-16(24)11-18)23(31)28-17-7-8-21(20(25)12-17)29-10-9-26-15(29)3/h4-14H,1-3H3,(H,28,31). The lowest BCUT2D eigenvalue weighted by atomic mass is 10.0. The second kappa shape index (κ2) is 8.35. The molecule has 0 radical (unpaired) electrons. The van der Waals surface area contributed by atoms with Gasteiger partial charge in [0.1, 0.15) is 11.6 Å². The van der Waals surface area contributed by atoms with Gasteiger partial charge in [-0.3, -0.25) is 4.79 Å². The topological polar surface area (TPSA) is 64.7 Å². The van der Waals surface area contributed by atoms with Gasteiger partial charge in [-0.15, -0.1) is 0 Å². The van der Waals surface area contributed by atoms with Crippen LogP contribution in [-0.2, 0) is 0 Å². The van der Waals surface area contributed by atoms with Crippen LogP contribution in [0.25, 0.3) is 11.4 Å². The van der Waals surface area contributed by atoms with Crippen molar-refractivity contribution >= 4 is 23.2 Å². The van der Waals surface area contributed by atoms with E-state index in [2.05, 4.69) is 15.4 Å². The molecule has 0 fully saturated rings. The summed E-state index contributed by atoms with van der Waals surface area (Å²) in [7, 11) is 0. The average molecular weight is 438 g/mol. The Morgan fingerprint density at radius 1 is 1.19 bits per heavy atom. The highest BCUT2D eigenvalue weighted by Crippen LogP contribution is 2.26. The molecule has 0 aliphatic rings. The maximum atomic E-state index is 14.7. The molecule has 0 unspecified atom stereocenters. The van der Waals surface area contributed by atoms with Gasteiger partial charge in [0.25, 0.3) is 5.91 Å². The van der Waals surface area contributed by atoms with Crippen molar-refractivity contribution in [2.75, 3.05) is 5.32 Å². The fraction of sp³-hybridized carbons (Fsp3) is 0.174. The van der Waals surface area contributed by atoms with E-state index < -0.39 is 5.82 Å². The molecule has 1 N–H and O–H groups in total. The van der Waals surface area contributed by atoms with Gasteiger partial charge in [-0.25, -0.2) is 14.1 Å². The number of benzene rings is 2. The molecule has 4 aromatic rings. The minimum Gasteiger partial charge on any atom is -0.322 e. The molecule has 0 saturated carbocycles. The Kier molecular flexibility index (Phi) is 5.61. The minimum absolute atomic E-state index is 0.0190. The first-order valence-electron chi connectivity index (χ1n) is 9.80. The van der Waals surface area contributed by atoms with Crippen molar-refractivity contribution in [2.24, 2.45) is 0 Å². The molecule has 0 spiro atoms. The number of aryl methyl sites for hydroxylation is 1. The lowest BCUT2D eigenvalue weighted by Gasteiger charge is -2.14. The van der Waals surface area contributed by atoms with Crippen LogP contribution in [0, 0.1) is 12.7 Å². The van der Waals surface area contributed by atoms with Crippen LogP contribution in [0.5, 0.6) is 0 Å². The molecule has 2 aromatic carbocycles. The zero-order valence-electron chi connectivity index (χ0n) is 17.3. The first-order chi connectivity index (χ1) is 14.8. The summed E-state index contributed by atoms with van der Waals surface area (Å²) >= 11 is 6.12. The summed E-state index contributed by atoms with van der Waals surface area (Å²) in [5.74, 6) is -0.128. The Hall–Kier alpha value is -3.45. The summed E-state index contributed by atoms with van der Waals surface area (Å²) in [6.07, 6.45) is 4.81. The van der Waals surface area contributed by atoms with E-state index in [1.54, 1.807) is 52.8 Å². The number of rotatable bonds is 5. The Morgan fingerprint density at radius 3 is 2.65 bits per heavy atom. The van der Waals surface area contributed by atoms with E-state index in [0.717, 1.165) is 11.4 Å². The van der Waals surface area contributed by atoms with Crippen molar-refractivity contribution in [3.05, 3.63) is 89.0 Å². The largest absolute Gasteiger partial charge is 0.322 e. The number of carbonyl (C=O) groups is 1. The number of aromatic nitrogens is 4. The number of anilines is 1. The Labute approximate surface area is 184 Å². The van der Waals surface area contributed by atoms with E-state index in [4.69, 9.17) is 11.6 Å². The third-order valence-corrected chi connectivity index (χ3v) is 5.18. The van der Waals surface area contributed by atoms with E-state index in [1.807, 2.05) is 26.0 Å². The van der Waals surface area contributed by atoms with Crippen LogP contribution in [0.4, 0.5) is 10.1 Å². The Morgan fingerprint density at radius 2 is 2.00 bits per heavy atom. The van der Waals surface area contributed by atoms with E-state index in [9.17, 15) is 9.18 Å². The van der Waals surface area contributed by atoms with Crippen LogP contribution in [-0.4, -0.2) is 25.2 Å². The molecular weight excluding hydrogens is 417 g/mol. The lowest BCUT2D eigenvalue weighted by molar-refractivity contribution is 0.102. The normalized spacial score (nSPS) is 11.2. The second-order valence-corrected chi connectivity index (χ2v) is 7.89. The summed E-state index contributed by atoms with van der Waals surface area (Å²) in [6.45, 7) is 5.76. The fourth-order valence-corrected chi connectivity index (χ4v) is 3.70. The summed E-state index contributed by atoms with van der Waals surface area (Å²) in [5, 5.41) is 7.75. The summed E-state index contributed by atoms with van der Waals surface area (Å²) in [5.41, 5.74) is 2.65. The van der Waals surface area contributed by atoms with Crippen molar-refractivity contribution in [3.63, 3.8) is 0 Å². The molecule has 0 saturated heterocycles. The summed E-state index contributed by atoms with van der Waals surface area (Å²) < 4.78 is 18.0. The number of nitrogens with one attached hydrogen (secondary N) is 1. The van der Waals surface area contributed by atoms with E-state index in [-0.39, 0.29) is 11.8 Å². The molecule has 0 atom stereocenters. The maximum absolute atomic E-state index is 14.7. The molecule has 31 heavy (non-hydrogen) atoms. The van der Waals surface area contributed by atoms with E-state index >= 15 is 0 Å². The van der Waals surface area contributed by atoms with Gasteiger partial charge in [0.15, 0.2) is 0 Å². The monoisotopic (exact) mass is 437 g/mol. The summed E-state index contributed by atoms with van der Waals surface area (Å²) in [6, 6.07) is 11.8. The Balaban J connectivity index is 1.63. The number of imidazole rings is 1. The van der Waals surface area contributed by atoms with Crippen molar-refractivity contribution in [1.29, 1.82) is 0 Å². The molecule has 2 aromatic heterocycles. The van der Waals surface area contributed by atoms with Crippen molar-refractivity contribution in [2.45, 2.75) is 26.7 Å². The number of carbonyl (C=O) groups excluding carboxylic acids is 1. The smallest absolute Gasteiger partial charge is 0.259 e. The molecule has 0 aliphatic heterocycles. The van der Waals surface area contributed by atoms with Gasteiger partial charge in [-0.05, 0) is 49.2 Å². The molecule has 2 heterocycles. The number of amides is 1. The lowest BCUT2D eigenvalue weighted by Crippen LogP contribution is -2.15. The van der Waals surface area contributed by atoms with Crippen molar-refractivity contribution < 1.29 is 9.18 Å². The quantitative estimate of drug-likeness (QED) is 0.446. The SMILES string of the molecule is Cc1nccn1-c1ccc(NC(=O)c2cnn(-c3cccc(Cl)c3)c2C(C)C)cc1F. The average Bonchev–Trinajstić information content (AvgIpc) is 3.35. The number of hydrogen-bond donors (Lipinski definition) is 1. The maximum Gasteiger partial charge on any atom is 0.259 e. The molecule has 4 rings (SSSR count). The van der Waals surface area contributed by atoms with Gasteiger partial charge in [-0.2, -0.15) is 5.10 Å². The van der Waals surface area contributed by atoms with Crippen LogP contribution in [0.1, 0.15) is 41.6 Å². The van der Waals surface area contributed by atoms with Crippen LogP contribution in [0.3, 0.4) is 0 Å². The van der Waals surface area contributed by atoms with Gasteiger partial charge in [0.05, 0.1) is 28.8 Å². The van der Waals surface area contributed by atoms with Crippen LogP contribution in [0.15, 0.2) is 61.1 Å². The van der Waals surface area contributed by atoms with Gasteiger partial charge >= 0.3 is 0 Å². The highest BCUT2D eigenvalue weighted by atomic mass is 35.5. The van der Waals surface area contributed by atoms with Gasteiger partial charge in [-0.1, -0.05) is 31.5 Å². The van der Waals surface area contributed by atoms with Crippen molar-refractivity contribution in [1.82, 2.24) is 19.3 Å². The fourth-order valence-electron chi connectivity index (χ4n) is 3.51. The number of hydrogen-bond acceptors (Lipinski definition) is 3. The minimum atomic E-state index is -0.461. The molecule has 1 amide bonds. The second-order valence-electron chi connectivity index (χ2n) is 7.45. The van der Waals surface area contributed by atoms with Crippen LogP contribution in [0.2, 0.25) is 5.02 Å². The van der Waals surface area contributed by atoms with Crippen molar-refractivity contribution in [3.8, 4) is 11.4 Å². The van der Waals surface area contributed by atoms with Gasteiger partial charge in [0, 0.05) is 23.1 Å². The highest BCUT2D eigenvalue weighted by Gasteiger charge is 2.21. The molecule has 8 heteroatoms. The molecule has 158 valence electrons. The highest BCUT2D eigenvalue weighted by molar-refractivity contribution is 6.30. The predicted molar refractivity (Wildman–Crippen MR) is 119 cm³/mol. The molecule has 0 aliphatic carbocycles. The van der Waals surface area contributed by atoms with Gasteiger partial charge in [0.2, 0.25) is 0 Å². The van der Waals surface area contributed by atoms with E-state index in [1.165, 1.54) is 12.3 Å². The first-order valence-corrected chi connectivity index (χ1v) is 10.2. The number of nitrogens with zero attached hydrogens (tertiary/aromatic N) is 4. The summed E-state index contributed by atoms with van der Waals surface area (Å²) in [4.78, 5) is 17.1.